The summed E-state index contributed by atoms with van der Waals surface area (Å²) in [5.74, 6) is -0.876. The summed E-state index contributed by atoms with van der Waals surface area (Å²) in [7, 11) is -3.35. The Morgan fingerprint density at radius 3 is 2.59 bits per heavy atom. The second kappa shape index (κ2) is 6.98. The van der Waals surface area contributed by atoms with Crippen LogP contribution in [0.4, 0.5) is 11.5 Å². The minimum absolute atomic E-state index is 0.0673. The van der Waals surface area contributed by atoms with Crippen molar-refractivity contribution in [2.24, 2.45) is 0 Å². The predicted octanol–water partition coefficient (Wildman–Crippen LogP) is 3.11. The first kappa shape index (κ1) is 19.1. The molecular weight excluding hydrogens is 420 g/mol. The van der Waals surface area contributed by atoms with Gasteiger partial charge in [-0.1, -0.05) is 17.7 Å². The largest absolute Gasteiger partial charge is 0.306 e. The molecule has 9 nitrogen and oxygen atoms in total. The molecule has 1 aliphatic rings. The van der Waals surface area contributed by atoms with Crippen LogP contribution in [0.15, 0.2) is 48.5 Å². The molecule has 4 rings (SSSR count). The Kier molecular flexibility index (Phi) is 4.59. The van der Waals surface area contributed by atoms with E-state index in [2.05, 4.69) is 10.4 Å². The first-order chi connectivity index (χ1) is 13.7. The average Bonchev–Trinajstić information content (AvgIpc) is 3.15. The van der Waals surface area contributed by atoms with Crippen LogP contribution in [0.2, 0.25) is 5.02 Å². The Labute approximate surface area is 170 Å². The maximum atomic E-state index is 12.7. The lowest BCUT2D eigenvalue weighted by atomic mass is 10.2. The van der Waals surface area contributed by atoms with E-state index in [1.165, 1.54) is 22.9 Å². The number of amides is 1. The fourth-order valence-corrected chi connectivity index (χ4v) is 4.70. The van der Waals surface area contributed by atoms with Crippen molar-refractivity contribution in [1.82, 2.24) is 9.78 Å². The molecule has 3 aromatic rings. The molecule has 0 spiro atoms. The van der Waals surface area contributed by atoms with Crippen molar-refractivity contribution in [3.63, 3.8) is 0 Å². The summed E-state index contributed by atoms with van der Waals surface area (Å²) >= 11 is 5.92. The van der Waals surface area contributed by atoms with Gasteiger partial charge in [-0.05, 0) is 30.3 Å². The van der Waals surface area contributed by atoms with E-state index >= 15 is 0 Å². The van der Waals surface area contributed by atoms with Crippen molar-refractivity contribution >= 4 is 38.9 Å². The van der Waals surface area contributed by atoms with Crippen molar-refractivity contribution in [2.45, 2.75) is 11.5 Å². The SMILES string of the molecule is O=C(Nc1c2c(nn1-c1ccc(Cl)cc1)CS(=O)(=O)C2)c1cccc([N+](=O)[O-])c1. The third kappa shape index (κ3) is 3.71. The van der Waals surface area contributed by atoms with Crippen molar-refractivity contribution in [1.29, 1.82) is 0 Å². The van der Waals surface area contributed by atoms with Crippen LogP contribution in [0, 0.1) is 10.1 Å². The van der Waals surface area contributed by atoms with Crippen molar-refractivity contribution in [3.05, 3.63) is 80.5 Å². The third-order valence-corrected chi connectivity index (χ3v) is 6.10. The molecule has 0 fully saturated rings. The molecular formula is C18H13ClN4O5S. The highest BCUT2D eigenvalue weighted by molar-refractivity contribution is 7.90. The van der Waals surface area contributed by atoms with E-state index in [9.17, 15) is 23.3 Å². The normalized spacial score (nSPS) is 14.4. The van der Waals surface area contributed by atoms with Gasteiger partial charge in [0.2, 0.25) is 0 Å². The van der Waals surface area contributed by atoms with Crippen LogP contribution in [0.3, 0.4) is 0 Å². The number of nitrogens with zero attached hydrogens (tertiary/aromatic N) is 3. The smallest absolute Gasteiger partial charge is 0.270 e. The zero-order valence-electron chi connectivity index (χ0n) is 14.7. The second-order valence-corrected chi connectivity index (χ2v) is 8.96. The summed E-state index contributed by atoms with van der Waals surface area (Å²) < 4.78 is 25.5. The number of rotatable bonds is 4. The summed E-state index contributed by atoms with van der Waals surface area (Å²) in [5.41, 5.74) is 1.18. The van der Waals surface area contributed by atoms with E-state index in [4.69, 9.17) is 11.6 Å². The number of fused-ring (bicyclic) bond motifs is 1. The van der Waals surface area contributed by atoms with Crippen LogP contribution >= 0.6 is 11.6 Å². The van der Waals surface area contributed by atoms with Crippen LogP contribution in [-0.2, 0) is 21.3 Å². The molecule has 0 saturated carbocycles. The fraction of sp³-hybridized carbons (Fsp3) is 0.111. The van der Waals surface area contributed by atoms with E-state index in [0.29, 0.717) is 22.0 Å². The Hall–Kier alpha value is -3.24. The molecule has 2 heterocycles. The number of anilines is 1. The number of sulfone groups is 1. The predicted molar refractivity (Wildman–Crippen MR) is 106 cm³/mol. The van der Waals surface area contributed by atoms with Crippen molar-refractivity contribution in [2.75, 3.05) is 5.32 Å². The number of non-ortho nitro benzene ring substituents is 1. The minimum Gasteiger partial charge on any atom is -0.306 e. The van der Waals surface area contributed by atoms with Gasteiger partial charge in [0.15, 0.2) is 9.84 Å². The summed E-state index contributed by atoms with van der Waals surface area (Å²) in [4.78, 5) is 23.1. The first-order valence-electron chi connectivity index (χ1n) is 8.36. The lowest BCUT2D eigenvalue weighted by Gasteiger charge is -2.11. The van der Waals surface area contributed by atoms with Gasteiger partial charge in [0.25, 0.3) is 11.6 Å². The number of nitro groups is 1. The van der Waals surface area contributed by atoms with E-state index < -0.39 is 20.7 Å². The monoisotopic (exact) mass is 432 g/mol. The standard InChI is InChI=1S/C18H13ClN4O5S/c19-12-4-6-13(7-5-12)22-17(15-9-29(27,28)10-16(15)21-22)20-18(24)11-2-1-3-14(8-11)23(25)26/h1-8H,9-10H2,(H,20,24). The molecule has 1 aromatic heterocycles. The number of benzene rings is 2. The van der Waals surface area contributed by atoms with Gasteiger partial charge in [-0.15, -0.1) is 0 Å². The van der Waals surface area contributed by atoms with Crippen LogP contribution in [-0.4, -0.2) is 29.0 Å². The Balaban J connectivity index is 1.76. The summed E-state index contributed by atoms with van der Waals surface area (Å²) in [6, 6.07) is 11.9. The van der Waals surface area contributed by atoms with Crippen molar-refractivity contribution < 1.29 is 18.1 Å². The highest BCUT2D eigenvalue weighted by atomic mass is 35.5. The summed E-state index contributed by atoms with van der Waals surface area (Å²) in [6.07, 6.45) is 0. The first-order valence-corrected chi connectivity index (χ1v) is 10.6. The minimum atomic E-state index is -3.35. The fourth-order valence-electron chi connectivity index (χ4n) is 3.08. The molecule has 0 saturated heterocycles. The van der Waals surface area contributed by atoms with E-state index in [1.54, 1.807) is 24.3 Å². The molecule has 2 aromatic carbocycles. The van der Waals surface area contributed by atoms with Crippen LogP contribution in [0.5, 0.6) is 0 Å². The lowest BCUT2D eigenvalue weighted by Crippen LogP contribution is -2.17. The number of nitro benzene ring substituents is 1. The second-order valence-electron chi connectivity index (χ2n) is 6.46. The molecule has 29 heavy (non-hydrogen) atoms. The van der Waals surface area contributed by atoms with E-state index in [0.717, 1.165) is 6.07 Å². The van der Waals surface area contributed by atoms with Crippen LogP contribution < -0.4 is 5.32 Å². The number of halogens is 1. The maximum absolute atomic E-state index is 12.7. The molecule has 0 bridgehead atoms. The van der Waals surface area contributed by atoms with Gasteiger partial charge in [0, 0.05) is 28.3 Å². The topological polar surface area (TPSA) is 124 Å². The number of nitrogens with one attached hydrogen (secondary N) is 1. The van der Waals surface area contributed by atoms with Gasteiger partial charge in [0.05, 0.1) is 27.8 Å². The van der Waals surface area contributed by atoms with Gasteiger partial charge in [-0.2, -0.15) is 5.10 Å². The van der Waals surface area contributed by atoms with Crippen LogP contribution in [0.1, 0.15) is 21.6 Å². The van der Waals surface area contributed by atoms with Gasteiger partial charge in [0.1, 0.15) is 5.82 Å². The average molecular weight is 433 g/mol. The highest BCUT2D eigenvalue weighted by Gasteiger charge is 2.33. The number of aromatic nitrogens is 2. The van der Waals surface area contributed by atoms with Crippen LogP contribution in [0.25, 0.3) is 5.69 Å². The van der Waals surface area contributed by atoms with Gasteiger partial charge in [-0.25, -0.2) is 13.1 Å². The molecule has 11 heteroatoms. The summed E-state index contributed by atoms with van der Waals surface area (Å²) in [5, 5.41) is 18.5. The zero-order chi connectivity index (χ0) is 20.8. The van der Waals surface area contributed by atoms with E-state index in [-0.39, 0.29) is 28.6 Å². The van der Waals surface area contributed by atoms with Gasteiger partial charge >= 0.3 is 0 Å². The summed E-state index contributed by atoms with van der Waals surface area (Å²) in [6.45, 7) is 0. The number of carbonyl (C=O) groups is 1. The Bertz CT molecular complexity index is 1250. The lowest BCUT2D eigenvalue weighted by molar-refractivity contribution is -0.384. The Morgan fingerprint density at radius 1 is 1.17 bits per heavy atom. The molecule has 0 radical (unpaired) electrons. The zero-order valence-corrected chi connectivity index (χ0v) is 16.3. The third-order valence-electron chi connectivity index (χ3n) is 4.41. The molecule has 1 N–H and O–H groups in total. The van der Waals surface area contributed by atoms with Gasteiger partial charge < -0.3 is 5.32 Å². The molecule has 1 amide bonds. The molecule has 0 unspecified atom stereocenters. The number of hydrogen-bond acceptors (Lipinski definition) is 6. The number of hydrogen-bond donors (Lipinski definition) is 1. The maximum Gasteiger partial charge on any atom is 0.270 e. The van der Waals surface area contributed by atoms with Gasteiger partial charge in [-0.3, -0.25) is 14.9 Å². The quantitative estimate of drug-likeness (QED) is 0.499. The highest BCUT2D eigenvalue weighted by Crippen LogP contribution is 2.33. The molecule has 0 atom stereocenters. The number of carbonyl (C=O) groups excluding carboxylic acids is 1. The Morgan fingerprint density at radius 2 is 1.90 bits per heavy atom. The molecule has 0 aliphatic carbocycles. The molecule has 1 aliphatic heterocycles. The van der Waals surface area contributed by atoms with Crippen molar-refractivity contribution in [3.8, 4) is 5.69 Å². The molecule has 148 valence electrons. The van der Waals surface area contributed by atoms with E-state index in [1.807, 2.05) is 0 Å².